The van der Waals surface area contributed by atoms with Crippen LogP contribution in [0.1, 0.15) is 19.3 Å². The Morgan fingerprint density at radius 3 is 2.88 bits per heavy atom. The van der Waals surface area contributed by atoms with Crippen molar-refractivity contribution in [3.05, 3.63) is 42.9 Å². The van der Waals surface area contributed by atoms with Gasteiger partial charge in [-0.3, -0.25) is 0 Å². The van der Waals surface area contributed by atoms with Crippen LogP contribution in [0.25, 0.3) is 22.0 Å². The van der Waals surface area contributed by atoms with Crippen LogP contribution in [0.4, 0.5) is 5.95 Å². The highest BCUT2D eigenvalue weighted by Crippen LogP contribution is 2.28. The maximum Gasteiger partial charge on any atom is 0.222 e. The van der Waals surface area contributed by atoms with Crippen LogP contribution in [-0.2, 0) is 0 Å². The summed E-state index contributed by atoms with van der Waals surface area (Å²) in [5.74, 6) is 1.50. The molecule has 2 aliphatic rings. The predicted molar refractivity (Wildman–Crippen MR) is 101 cm³/mol. The van der Waals surface area contributed by atoms with E-state index in [1.165, 1.54) is 44.3 Å². The zero-order valence-corrected chi connectivity index (χ0v) is 14.3. The van der Waals surface area contributed by atoms with Gasteiger partial charge in [0.1, 0.15) is 0 Å². The Balaban J connectivity index is 1.32. The number of benzene rings is 1. The highest BCUT2D eigenvalue weighted by Gasteiger charge is 2.32. The van der Waals surface area contributed by atoms with Gasteiger partial charge in [-0.15, -0.1) is 0 Å². The first-order valence-electron chi connectivity index (χ1n) is 9.24. The number of fused-ring (bicyclic) bond motifs is 3. The highest BCUT2D eigenvalue weighted by molar-refractivity contribution is 5.84. The molecule has 2 aliphatic heterocycles. The van der Waals surface area contributed by atoms with Gasteiger partial charge in [0, 0.05) is 48.8 Å². The molecule has 3 atom stereocenters. The summed E-state index contributed by atoms with van der Waals surface area (Å²) in [6, 6.07) is 9.00. The molecule has 5 heteroatoms. The fourth-order valence-corrected chi connectivity index (χ4v) is 4.32. The van der Waals surface area contributed by atoms with Crippen molar-refractivity contribution in [3.63, 3.8) is 0 Å². The Bertz CT molecular complexity index is 869. The molecule has 2 N–H and O–H groups in total. The van der Waals surface area contributed by atoms with Crippen molar-refractivity contribution in [1.29, 1.82) is 0 Å². The van der Waals surface area contributed by atoms with Crippen LogP contribution in [0, 0.1) is 5.92 Å². The van der Waals surface area contributed by atoms with Crippen molar-refractivity contribution in [3.8, 4) is 11.1 Å². The van der Waals surface area contributed by atoms with E-state index >= 15 is 0 Å². The maximum absolute atomic E-state index is 4.58. The molecule has 3 aromatic rings. The molecule has 0 aliphatic carbocycles. The number of aromatic nitrogens is 3. The second kappa shape index (κ2) is 6.15. The summed E-state index contributed by atoms with van der Waals surface area (Å²) in [6.07, 6.45) is 9.67. The standard InChI is InChI=1S/C20H23N5/c1-2-16-13-25(8-1)9-6-19(16)24-20-22-11-17(12-23-20)14-3-4-18-15(10-14)5-7-21-18/h3-5,7,10-12,16,19,21H,1-2,6,8-9,13H2,(H,22,23,24)/t16-,19+/m1/s1. The first kappa shape index (κ1) is 14.9. The Kier molecular flexibility index (Phi) is 3.67. The predicted octanol–water partition coefficient (Wildman–Crippen LogP) is 3.52. The molecule has 1 unspecified atom stereocenters. The largest absolute Gasteiger partial charge is 0.361 e. The van der Waals surface area contributed by atoms with E-state index in [4.69, 9.17) is 0 Å². The molecular weight excluding hydrogens is 310 g/mol. The number of hydrogen-bond acceptors (Lipinski definition) is 4. The molecule has 1 aromatic carbocycles. The van der Waals surface area contributed by atoms with E-state index < -0.39 is 0 Å². The Morgan fingerprint density at radius 2 is 1.96 bits per heavy atom. The van der Waals surface area contributed by atoms with Crippen LogP contribution in [0.3, 0.4) is 0 Å². The van der Waals surface area contributed by atoms with E-state index in [0.29, 0.717) is 6.04 Å². The number of nitrogens with one attached hydrogen (secondary N) is 2. The number of piperidine rings is 2. The number of anilines is 1. The lowest BCUT2D eigenvalue weighted by Crippen LogP contribution is -2.49. The lowest BCUT2D eigenvalue weighted by atomic mass is 9.85. The second-order valence-corrected chi connectivity index (χ2v) is 7.32. The minimum absolute atomic E-state index is 0.513. The third-order valence-electron chi connectivity index (χ3n) is 5.72. The minimum Gasteiger partial charge on any atom is -0.361 e. The average Bonchev–Trinajstić information content (AvgIpc) is 3.13. The summed E-state index contributed by atoms with van der Waals surface area (Å²) in [6.45, 7) is 3.70. The van der Waals surface area contributed by atoms with Crippen LogP contribution >= 0.6 is 0 Å². The van der Waals surface area contributed by atoms with Gasteiger partial charge in [0.15, 0.2) is 0 Å². The van der Waals surface area contributed by atoms with E-state index in [9.17, 15) is 0 Å². The van der Waals surface area contributed by atoms with E-state index in [1.54, 1.807) is 0 Å². The van der Waals surface area contributed by atoms with Gasteiger partial charge < -0.3 is 15.2 Å². The van der Waals surface area contributed by atoms with Crippen LogP contribution in [0.15, 0.2) is 42.9 Å². The molecule has 0 amide bonds. The minimum atomic E-state index is 0.513. The van der Waals surface area contributed by atoms with Crippen molar-refractivity contribution in [2.45, 2.75) is 25.3 Å². The Hall–Kier alpha value is -2.40. The van der Waals surface area contributed by atoms with Gasteiger partial charge >= 0.3 is 0 Å². The van der Waals surface area contributed by atoms with E-state index in [-0.39, 0.29) is 0 Å². The molecule has 128 valence electrons. The van der Waals surface area contributed by atoms with Gasteiger partial charge in [-0.1, -0.05) is 6.07 Å². The van der Waals surface area contributed by atoms with Gasteiger partial charge in [0.2, 0.25) is 5.95 Å². The first-order valence-corrected chi connectivity index (χ1v) is 9.24. The fraction of sp³-hybridized carbons (Fsp3) is 0.400. The van der Waals surface area contributed by atoms with E-state index in [2.05, 4.69) is 49.4 Å². The van der Waals surface area contributed by atoms with Crippen molar-refractivity contribution in [2.24, 2.45) is 5.92 Å². The third-order valence-corrected chi connectivity index (χ3v) is 5.72. The van der Waals surface area contributed by atoms with Gasteiger partial charge in [-0.05, 0) is 60.9 Å². The lowest BCUT2D eigenvalue weighted by Gasteiger charge is -2.42. The van der Waals surface area contributed by atoms with Crippen molar-refractivity contribution in [1.82, 2.24) is 19.9 Å². The molecule has 2 aromatic heterocycles. The number of H-pyrrole nitrogens is 1. The molecule has 5 nitrogen and oxygen atoms in total. The van der Waals surface area contributed by atoms with Crippen molar-refractivity contribution in [2.75, 3.05) is 25.0 Å². The zero-order chi connectivity index (χ0) is 16.6. The molecule has 0 spiro atoms. The molecule has 2 fully saturated rings. The molecule has 5 rings (SSSR count). The van der Waals surface area contributed by atoms with Crippen LogP contribution < -0.4 is 5.32 Å². The van der Waals surface area contributed by atoms with Crippen LogP contribution in [0.5, 0.6) is 0 Å². The second-order valence-electron chi connectivity index (χ2n) is 7.32. The fourth-order valence-electron chi connectivity index (χ4n) is 4.32. The van der Waals surface area contributed by atoms with Crippen LogP contribution in [0.2, 0.25) is 0 Å². The topological polar surface area (TPSA) is 56.8 Å². The number of aromatic amines is 1. The SMILES string of the molecule is c1cc2cc(-c3cnc(N[C@H]4CCN5CCC[C@@H]4C5)nc3)ccc2[nH]1. The molecule has 4 heterocycles. The first-order chi connectivity index (χ1) is 12.3. The van der Waals surface area contributed by atoms with E-state index in [0.717, 1.165) is 28.5 Å². The molecule has 2 saturated heterocycles. The molecule has 25 heavy (non-hydrogen) atoms. The van der Waals surface area contributed by atoms with E-state index in [1.807, 2.05) is 18.6 Å². The van der Waals surface area contributed by atoms with Crippen molar-refractivity contribution >= 4 is 16.9 Å². The molecule has 2 bridgehead atoms. The summed E-state index contributed by atoms with van der Waals surface area (Å²) in [4.78, 5) is 15.0. The number of hydrogen-bond donors (Lipinski definition) is 2. The van der Waals surface area contributed by atoms with Gasteiger partial charge in [-0.2, -0.15) is 0 Å². The monoisotopic (exact) mass is 333 g/mol. The number of rotatable bonds is 3. The van der Waals surface area contributed by atoms with Gasteiger partial charge in [0.05, 0.1) is 0 Å². The average molecular weight is 333 g/mol. The summed E-state index contributed by atoms with van der Waals surface area (Å²) in [7, 11) is 0. The van der Waals surface area contributed by atoms with Gasteiger partial charge in [0.25, 0.3) is 0 Å². The smallest absolute Gasteiger partial charge is 0.222 e. The highest BCUT2D eigenvalue weighted by atomic mass is 15.2. The number of nitrogens with zero attached hydrogens (tertiary/aromatic N) is 3. The summed E-state index contributed by atoms with van der Waals surface area (Å²) in [5.41, 5.74) is 3.36. The summed E-state index contributed by atoms with van der Waals surface area (Å²) < 4.78 is 0. The quantitative estimate of drug-likeness (QED) is 0.770. The molecule has 0 radical (unpaired) electrons. The lowest BCUT2D eigenvalue weighted by molar-refractivity contribution is 0.113. The van der Waals surface area contributed by atoms with Gasteiger partial charge in [-0.25, -0.2) is 9.97 Å². The third kappa shape index (κ3) is 2.89. The molecular formula is C20H23N5. The van der Waals surface area contributed by atoms with Crippen molar-refractivity contribution < 1.29 is 0 Å². The Morgan fingerprint density at radius 1 is 1.04 bits per heavy atom. The zero-order valence-electron chi connectivity index (χ0n) is 14.3. The Labute approximate surface area is 147 Å². The summed E-state index contributed by atoms with van der Waals surface area (Å²) in [5, 5.41) is 4.80. The summed E-state index contributed by atoms with van der Waals surface area (Å²) >= 11 is 0. The maximum atomic E-state index is 4.58. The normalized spacial score (nSPS) is 25.8. The van der Waals surface area contributed by atoms with Crippen LogP contribution in [-0.4, -0.2) is 45.5 Å². The molecule has 0 saturated carbocycles.